The largest absolute Gasteiger partial charge is 0.0831 e. The highest BCUT2D eigenvalue weighted by Gasteiger charge is 2.06. The fraction of sp³-hybridized carbons (Fsp3) is 0.143. The van der Waals surface area contributed by atoms with Crippen LogP contribution >= 0.6 is 27.5 Å². The van der Waals surface area contributed by atoms with Crippen LogP contribution < -0.4 is 0 Å². The summed E-state index contributed by atoms with van der Waals surface area (Å²) in [4.78, 5) is 0. The van der Waals surface area contributed by atoms with Crippen LogP contribution in [-0.2, 0) is 0 Å². The van der Waals surface area contributed by atoms with E-state index in [1.165, 1.54) is 16.7 Å². The van der Waals surface area contributed by atoms with Gasteiger partial charge in [0.1, 0.15) is 0 Å². The second-order valence-corrected chi connectivity index (χ2v) is 5.18. The van der Waals surface area contributed by atoms with Crippen LogP contribution in [0.2, 0.25) is 5.02 Å². The maximum Gasteiger partial charge on any atom is 0.0554 e. The first kappa shape index (κ1) is 11.7. The first-order valence-electron chi connectivity index (χ1n) is 5.10. The van der Waals surface area contributed by atoms with Gasteiger partial charge >= 0.3 is 0 Å². The fourth-order valence-corrected chi connectivity index (χ4v) is 2.52. The average molecular weight is 296 g/mol. The zero-order valence-electron chi connectivity index (χ0n) is 9.22. The number of hydrogen-bond donors (Lipinski definition) is 0. The van der Waals surface area contributed by atoms with E-state index >= 15 is 0 Å². The second kappa shape index (κ2) is 4.60. The normalized spacial score (nSPS) is 10.5. The molecule has 0 amide bonds. The van der Waals surface area contributed by atoms with E-state index in [2.05, 4.69) is 54.0 Å². The summed E-state index contributed by atoms with van der Waals surface area (Å²) in [7, 11) is 0. The minimum atomic E-state index is 0.747. The van der Waals surface area contributed by atoms with Crippen molar-refractivity contribution in [2.24, 2.45) is 0 Å². The van der Waals surface area contributed by atoms with E-state index < -0.39 is 0 Å². The lowest BCUT2D eigenvalue weighted by Gasteiger charge is -2.08. The van der Waals surface area contributed by atoms with E-state index in [0.29, 0.717) is 0 Å². The highest BCUT2D eigenvalue weighted by Crippen LogP contribution is 2.34. The minimum absolute atomic E-state index is 0.747. The molecule has 2 aromatic carbocycles. The number of hydrogen-bond acceptors (Lipinski definition) is 0. The third kappa shape index (κ3) is 2.31. The van der Waals surface area contributed by atoms with Crippen molar-refractivity contribution in [1.82, 2.24) is 0 Å². The molecule has 0 aliphatic heterocycles. The third-order valence-corrected chi connectivity index (χ3v) is 3.88. The van der Waals surface area contributed by atoms with Crippen molar-refractivity contribution in [3.63, 3.8) is 0 Å². The van der Waals surface area contributed by atoms with E-state index in [-0.39, 0.29) is 0 Å². The van der Waals surface area contributed by atoms with Crippen LogP contribution in [0.25, 0.3) is 11.1 Å². The summed E-state index contributed by atoms with van der Waals surface area (Å²) in [5.41, 5.74) is 4.87. The van der Waals surface area contributed by atoms with E-state index in [1.807, 2.05) is 12.1 Å². The first-order chi connectivity index (χ1) is 7.58. The summed E-state index contributed by atoms with van der Waals surface area (Å²) >= 11 is 9.63. The summed E-state index contributed by atoms with van der Waals surface area (Å²) in [5, 5.41) is 0.747. The smallest absolute Gasteiger partial charge is 0.0554 e. The molecule has 2 heteroatoms. The summed E-state index contributed by atoms with van der Waals surface area (Å²) in [5.74, 6) is 0. The zero-order chi connectivity index (χ0) is 11.7. The summed E-state index contributed by atoms with van der Waals surface area (Å²) in [6.07, 6.45) is 0. The predicted octanol–water partition coefficient (Wildman–Crippen LogP) is 5.39. The minimum Gasteiger partial charge on any atom is -0.0831 e. The molecule has 0 saturated carbocycles. The van der Waals surface area contributed by atoms with Crippen LogP contribution in [0.1, 0.15) is 11.1 Å². The molecule has 0 saturated heterocycles. The average Bonchev–Trinajstić information content (AvgIpc) is 2.20. The van der Waals surface area contributed by atoms with E-state index in [9.17, 15) is 0 Å². The molecule has 0 aliphatic carbocycles. The molecule has 0 aromatic heterocycles. The third-order valence-electron chi connectivity index (χ3n) is 2.48. The van der Waals surface area contributed by atoms with Crippen LogP contribution in [-0.4, -0.2) is 0 Å². The molecule has 16 heavy (non-hydrogen) atoms. The standard InChI is InChI=1S/C14H12BrCl/c1-9-6-10(2)8-11(7-9)12-4-3-5-13(16)14(12)15/h3-8H,1-2H3. The Hall–Kier alpha value is -0.790. The van der Waals surface area contributed by atoms with Crippen molar-refractivity contribution in [1.29, 1.82) is 0 Å². The Labute approximate surface area is 109 Å². The number of halogens is 2. The quantitative estimate of drug-likeness (QED) is 0.662. The topological polar surface area (TPSA) is 0 Å². The summed E-state index contributed by atoms with van der Waals surface area (Å²) in [6.45, 7) is 4.21. The van der Waals surface area contributed by atoms with Crippen molar-refractivity contribution >= 4 is 27.5 Å². The van der Waals surface area contributed by atoms with Gasteiger partial charge in [-0.15, -0.1) is 0 Å². The molecule has 0 radical (unpaired) electrons. The highest BCUT2D eigenvalue weighted by molar-refractivity contribution is 9.10. The van der Waals surface area contributed by atoms with Gasteiger partial charge in [-0.05, 0) is 47.0 Å². The summed E-state index contributed by atoms with van der Waals surface area (Å²) in [6, 6.07) is 12.4. The molecular formula is C14H12BrCl. The monoisotopic (exact) mass is 294 g/mol. The molecule has 0 heterocycles. The number of rotatable bonds is 1. The Morgan fingerprint density at radius 2 is 1.62 bits per heavy atom. The Morgan fingerprint density at radius 1 is 1.00 bits per heavy atom. The van der Waals surface area contributed by atoms with Crippen LogP contribution in [0.4, 0.5) is 0 Å². The van der Waals surface area contributed by atoms with Gasteiger partial charge in [0, 0.05) is 4.47 Å². The second-order valence-electron chi connectivity index (χ2n) is 3.98. The van der Waals surface area contributed by atoms with Crippen LogP contribution in [0.5, 0.6) is 0 Å². The maximum atomic E-state index is 6.10. The van der Waals surface area contributed by atoms with Crippen molar-refractivity contribution in [2.75, 3.05) is 0 Å². The van der Waals surface area contributed by atoms with Gasteiger partial charge in [-0.2, -0.15) is 0 Å². The summed E-state index contributed by atoms with van der Waals surface area (Å²) < 4.78 is 0.960. The van der Waals surface area contributed by atoms with Crippen LogP contribution in [0.3, 0.4) is 0 Å². The molecule has 0 unspecified atom stereocenters. The Balaban J connectivity index is 2.63. The molecular weight excluding hydrogens is 284 g/mol. The van der Waals surface area contributed by atoms with Gasteiger partial charge < -0.3 is 0 Å². The van der Waals surface area contributed by atoms with Crippen molar-refractivity contribution in [3.8, 4) is 11.1 Å². The Morgan fingerprint density at radius 3 is 2.25 bits per heavy atom. The SMILES string of the molecule is Cc1cc(C)cc(-c2cccc(Cl)c2Br)c1. The molecule has 0 nitrogen and oxygen atoms in total. The first-order valence-corrected chi connectivity index (χ1v) is 6.27. The van der Waals surface area contributed by atoms with E-state index in [1.54, 1.807) is 0 Å². The van der Waals surface area contributed by atoms with Gasteiger partial charge in [-0.3, -0.25) is 0 Å². The fourth-order valence-electron chi connectivity index (χ4n) is 1.86. The molecule has 82 valence electrons. The predicted molar refractivity (Wildman–Crippen MR) is 74.1 cm³/mol. The van der Waals surface area contributed by atoms with Gasteiger partial charge in [0.05, 0.1) is 5.02 Å². The number of aryl methyl sites for hydroxylation is 2. The molecule has 0 bridgehead atoms. The zero-order valence-corrected chi connectivity index (χ0v) is 11.6. The van der Waals surface area contributed by atoms with E-state index in [0.717, 1.165) is 15.1 Å². The lowest BCUT2D eigenvalue weighted by Crippen LogP contribution is -1.84. The Bertz CT molecular complexity index is 512. The van der Waals surface area contributed by atoms with Gasteiger partial charge in [-0.25, -0.2) is 0 Å². The van der Waals surface area contributed by atoms with Gasteiger partial charge in [-0.1, -0.05) is 53.1 Å². The van der Waals surface area contributed by atoms with Crippen LogP contribution in [0, 0.1) is 13.8 Å². The maximum absolute atomic E-state index is 6.10. The van der Waals surface area contributed by atoms with Crippen molar-refractivity contribution in [3.05, 3.63) is 57.0 Å². The lowest BCUT2D eigenvalue weighted by molar-refractivity contribution is 1.38. The van der Waals surface area contributed by atoms with Crippen molar-refractivity contribution < 1.29 is 0 Å². The molecule has 0 aliphatic rings. The highest BCUT2D eigenvalue weighted by atomic mass is 79.9. The number of benzene rings is 2. The van der Waals surface area contributed by atoms with Crippen LogP contribution in [0.15, 0.2) is 40.9 Å². The Kier molecular flexibility index (Phi) is 3.36. The van der Waals surface area contributed by atoms with Crippen molar-refractivity contribution in [2.45, 2.75) is 13.8 Å². The van der Waals surface area contributed by atoms with Gasteiger partial charge in [0.15, 0.2) is 0 Å². The molecule has 0 N–H and O–H groups in total. The molecule has 2 aromatic rings. The molecule has 0 spiro atoms. The lowest BCUT2D eigenvalue weighted by atomic mass is 10.0. The molecule has 0 fully saturated rings. The van der Waals surface area contributed by atoms with Gasteiger partial charge in [0.2, 0.25) is 0 Å². The molecule has 2 rings (SSSR count). The van der Waals surface area contributed by atoms with E-state index in [4.69, 9.17) is 11.6 Å². The van der Waals surface area contributed by atoms with Gasteiger partial charge in [0.25, 0.3) is 0 Å². The molecule has 0 atom stereocenters.